The zero-order valence-corrected chi connectivity index (χ0v) is 13.0. The van der Waals surface area contributed by atoms with Crippen molar-refractivity contribution in [3.05, 3.63) is 29.8 Å². The Labute approximate surface area is 127 Å². The minimum atomic E-state index is 0. The van der Waals surface area contributed by atoms with Gasteiger partial charge >= 0.3 is 0 Å². The molecule has 1 fully saturated rings. The molecule has 2 N–H and O–H groups in total. The van der Waals surface area contributed by atoms with Gasteiger partial charge < -0.3 is 10.6 Å². The molecule has 0 radical (unpaired) electrons. The number of carbonyl (C=O) groups is 1. The fraction of sp³-hybridized carbons (Fsp3) is 0.533. The van der Waals surface area contributed by atoms with Crippen molar-refractivity contribution in [3.8, 4) is 0 Å². The number of hydrogen-bond acceptors (Lipinski definition) is 3. The molecule has 1 aromatic rings. The lowest BCUT2D eigenvalue weighted by atomic mass is 10.1. The van der Waals surface area contributed by atoms with E-state index in [1.54, 1.807) is 0 Å². The molecule has 112 valence electrons. The van der Waals surface area contributed by atoms with Crippen molar-refractivity contribution in [3.63, 3.8) is 0 Å². The minimum Gasteiger partial charge on any atom is -0.325 e. The van der Waals surface area contributed by atoms with Crippen LogP contribution in [0.25, 0.3) is 0 Å². The summed E-state index contributed by atoms with van der Waals surface area (Å²) >= 11 is 0. The van der Waals surface area contributed by atoms with Crippen molar-refractivity contribution in [1.82, 2.24) is 10.2 Å². The Morgan fingerprint density at radius 1 is 1.50 bits per heavy atom. The normalized spacial score (nSPS) is 19.2. The number of rotatable bonds is 4. The second kappa shape index (κ2) is 8.25. The largest absolute Gasteiger partial charge is 0.325 e. The van der Waals surface area contributed by atoms with Gasteiger partial charge in [-0.05, 0) is 31.0 Å². The van der Waals surface area contributed by atoms with Gasteiger partial charge in [0.1, 0.15) is 0 Å². The van der Waals surface area contributed by atoms with Crippen molar-refractivity contribution in [2.24, 2.45) is 0 Å². The fourth-order valence-corrected chi connectivity index (χ4v) is 2.37. The van der Waals surface area contributed by atoms with E-state index in [1.165, 1.54) is 5.56 Å². The average Bonchev–Trinajstić information content (AvgIpc) is 2.41. The maximum atomic E-state index is 12.1. The van der Waals surface area contributed by atoms with Gasteiger partial charge in [-0.2, -0.15) is 0 Å². The summed E-state index contributed by atoms with van der Waals surface area (Å²) in [6.07, 6.45) is 0.985. The van der Waals surface area contributed by atoms with Crippen LogP contribution in [-0.2, 0) is 11.2 Å². The van der Waals surface area contributed by atoms with Crippen molar-refractivity contribution < 1.29 is 4.79 Å². The predicted molar refractivity (Wildman–Crippen MR) is 85.6 cm³/mol. The highest BCUT2D eigenvalue weighted by atomic mass is 35.5. The first-order valence-electron chi connectivity index (χ1n) is 7.02. The van der Waals surface area contributed by atoms with Crippen LogP contribution < -0.4 is 10.6 Å². The quantitative estimate of drug-likeness (QED) is 0.892. The van der Waals surface area contributed by atoms with Gasteiger partial charge in [-0.3, -0.25) is 9.69 Å². The van der Waals surface area contributed by atoms with Crippen LogP contribution in [0.15, 0.2) is 24.3 Å². The number of nitrogens with one attached hydrogen (secondary N) is 2. The highest BCUT2D eigenvalue weighted by molar-refractivity contribution is 5.92. The number of amides is 1. The summed E-state index contributed by atoms with van der Waals surface area (Å²) in [7, 11) is 0. The van der Waals surface area contributed by atoms with Gasteiger partial charge in [-0.1, -0.05) is 19.1 Å². The molecule has 0 saturated carbocycles. The van der Waals surface area contributed by atoms with E-state index >= 15 is 0 Å². The molecule has 0 bridgehead atoms. The van der Waals surface area contributed by atoms with E-state index in [1.807, 2.05) is 18.2 Å². The minimum absolute atomic E-state index is 0. The number of aryl methyl sites for hydroxylation is 1. The SMILES string of the molecule is CCc1cccc(NC(=O)CN2CCNC[C@H]2C)c1.Cl. The summed E-state index contributed by atoms with van der Waals surface area (Å²) in [5.41, 5.74) is 2.14. The Balaban J connectivity index is 0.00000200. The number of carbonyl (C=O) groups excluding carboxylic acids is 1. The first kappa shape index (κ1) is 17.0. The van der Waals surface area contributed by atoms with Crippen molar-refractivity contribution in [2.75, 3.05) is 31.5 Å². The summed E-state index contributed by atoms with van der Waals surface area (Å²) in [5.74, 6) is 0.0713. The van der Waals surface area contributed by atoms with Crippen LogP contribution in [-0.4, -0.2) is 43.0 Å². The molecule has 1 heterocycles. The molecule has 0 aromatic heterocycles. The monoisotopic (exact) mass is 297 g/mol. The molecule has 1 aromatic carbocycles. The second-order valence-electron chi connectivity index (χ2n) is 5.13. The van der Waals surface area contributed by atoms with Gasteiger partial charge in [0.2, 0.25) is 5.91 Å². The Hall–Kier alpha value is -1.10. The maximum Gasteiger partial charge on any atom is 0.238 e. The third kappa shape index (κ3) is 4.78. The van der Waals surface area contributed by atoms with E-state index < -0.39 is 0 Å². The number of halogens is 1. The summed E-state index contributed by atoms with van der Waals surface area (Å²) in [6, 6.07) is 8.47. The van der Waals surface area contributed by atoms with Crippen molar-refractivity contribution in [1.29, 1.82) is 0 Å². The number of anilines is 1. The summed E-state index contributed by atoms with van der Waals surface area (Å²) in [6.45, 7) is 7.59. The van der Waals surface area contributed by atoms with Gasteiger partial charge in [0.25, 0.3) is 0 Å². The van der Waals surface area contributed by atoms with E-state index in [0.29, 0.717) is 12.6 Å². The van der Waals surface area contributed by atoms with Gasteiger partial charge in [0.05, 0.1) is 6.54 Å². The van der Waals surface area contributed by atoms with E-state index in [-0.39, 0.29) is 18.3 Å². The topological polar surface area (TPSA) is 44.4 Å². The zero-order chi connectivity index (χ0) is 13.7. The van der Waals surface area contributed by atoms with Crippen LogP contribution in [0.1, 0.15) is 19.4 Å². The first-order valence-corrected chi connectivity index (χ1v) is 7.02. The summed E-state index contributed by atoms with van der Waals surface area (Å²) in [4.78, 5) is 14.3. The van der Waals surface area contributed by atoms with Crippen LogP contribution in [0.2, 0.25) is 0 Å². The van der Waals surface area contributed by atoms with E-state index in [2.05, 4.69) is 35.4 Å². The molecular weight excluding hydrogens is 274 g/mol. The highest BCUT2D eigenvalue weighted by Gasteiger charge is 2.20. The third-order valence-electron chi connectivity index (χ3n) is 3.60. The Bertz CT molecular complexity index is 439. The van der Waals surface area contributed by atoms with Crippen LogP contribution in [0.4, 0.5) is 5.69 Å². The van der Waals surface area contributed by atoms with Gasteiger partial charge in [-0.25, -0.2) is 0 Å². The molecule has 1 amide bonds. The smallest absolute Gasteiger partial charge is 0.238 e. The van der Waals surface area contributed by atoms with Crippen LogP contribution in [0.5, 0.6) is 0 Å². The predicted octanol–water partition coefficient (Wildman–Crippen LogP) is 1.90. The Morgan fingerprint density at radius 3 is 3.00 bits per heavy atom. The number of piperazine rings is 1. The zero-order valence-electron chi connectivity index (χ0n) is 12.2. The van der Waals surface area contributed by atoms with Crippen LogP contribution >= 0.6 is 12.4 Å². The Kier molecular flexibility index (Phi) is 6.99. The number of nitrogens with zero attached hydrogens (tertiary/aromatic N) is 1. The fourth-order valence-electron chi connectivity index (χ4n) is 2.37. The lowest BCUT2D eigenvalue weighted by Crippen LogP contribution is -2.51. The van der Waals surface area contributed by atoms with E-state index in [0.717, 1.165) is 31.7 Å². The third-order valence-corrected chi connectivity index (χ3v) is 3.60. The molecule has 1 atom stereocenters. The van der Waals surface area contributed by atoms with E-state index in [9.17, 15) is 4.79 Å². The van der Waals surface area contributed by atoms with Crippen molar-refractivity contribution >= 4 is 24.0 Å². The van der Waals surface area contributed by atoms with Gasteiger partial charge in [-0.15, -0.1) is 12.4 Å². The molecule has 1 aliphatic rings. The van der Waals surface area contributed by atoms with Crippen LogP contribution in [0.3, 0.4) is 0 Å². The second-order valence-corrected chi connectivity index (χ2v) is 5.13. The van der Waals surface area contributed by atoms with E-state index in [4.69, 9.17) is 0 Å². The number of benzene rings is 1. The molecule has 0 aliphatic carbocycles. The van der Waals surface area contributed by atoms with Crippen molar-refractivity contribution in [2.45, 2.75) is 26.3 Å². The first-order chi connectivity index (χ1) is 9.19. The molecule has 1 saturated heterocycles. The highest BCUT2D eigenvalue weighted by Crippen LogP contribution is 2.11. The molecule has 0 spiro atoms. The molecule has 20 heavy (non-hydrogen) atoms. The lowest BCUT2D eigenvalue weighted by molar-refractivity contribution is -0.118. The maximum absolute atomic E-state index is 12.1. The number of hydrogen-bond donors (Lipinski definition) is 2. The molecule has 1 aliphatic heterocycles. The molecule has 5 heteroatoms. The van der Waals surface area contributed by atoms with Gasteiger partial charge in [0.15, 0.2) is 0 Å². The standard InChI is InChI=1S/C15H23N3O.ClH/c1-3-13-5-4-6-14(9-13)17-15(19)11-18-8-7-16-10-12(18)2;/h4-6,9,12,16H,3,7-8,10-11H2,1-2H3,(H,17,19);1H/t12-;/m1./s1. The molecular formula is C15H24ClN3O. The van der Waals surface area contributed by atoms with Gasteiger partial charge in [0, 0.05) is 31.4 Å². The molecule has 4 nitrogen and oxygen atoms in total. The lowest BCUT2D eigenvalue weighted by Gasteiger charge is -2.33. The Morgan fingerprint density at radius 2 is 2.30 bits per heavy atom. The van der Waals surface area contributed by atoms with Crippen LogP contribution in [0, 0.1) is 0 Å². The molecule has 2 rings (SSSR count). The average molecular weight is 298 g/mol. The summed E-state index contributed by atoms with van der Waals surface area (Å²) in [5, 5.41) is 6.31. The molecule has 0 unspecified atom stereocenters. The summed E-state index contributed by atoms with van der Waals surface area (Å²) < 4.78 is 0.